The Morgan fingerprint density at radius 1 is 0.906 bits per heavy atom. The minimum absolute atomic E-state index is 0.0394. The van der Waals surface area contributed by atoms with Crippen LogP contribution in [0.3, 0.4) is 0 Å². The van der Waals surface area contributed by atoms with Crippen LogP contribution in [0.15, 0.2) is 78.9 Å². The van der Waals surface area contributed by atoms with E-state index in [0.29, 0.717) is 30.0 Å². The molecule has 0 amide bonds. The maximum atomic E-state index is 13.5. The Kier molecular flexibility index (Phi) is 6.36. The van der Waals surface area contributed by atoms with Crippen molar-refractivity contribution in [2.45, 2.75) is 20.4 Å². The quantitative estimate of drug-likeness (QED) is 0.288. The molecular formula is C27H25NO4. The zero-order valence-electron chi connectivity index (χ0n) is 18.2. The zero-order chi connectivity index (χ0) is 22.5. The molecular weight excluding hydrogens is 402 g/mol. The lowest BCUT2D eigenvalue weighted by atomic mass is 10.0. The average molecular weight is 428 g/mol. The van der Waals surface area contributed by atoms with E-state index in [4.69, 9.17) is 9.47 Å². The van der Waals surface area contributed by atoms with Crippen molar-refractivity contribution >= 4 is 22.7 Å². The number of nitrogens with zero attached hydrogens (tertiary/aromatic N) is 1. The van der Waals surface area contributed by atoms with Gasteiger partial charge >= 0.3 is 5.97 Å². The molecule has 0 fully saturated rings. The molecule has 3 aromatic carbocycles. The van der Waals surface area contributed by atoms with Gasteiger partial charge in [-0.3, -0.25) is 4.79 Å². The molecule has 0 atom stereocenters. The van der Waals surface area contributed by atoms with Crippen LogP contribution in [-0.2, 0) is 16.1 Å². The molecule has 5 heteroatoms. The first kappa shape index (κ1) is 21.4. The van der Waals surface area contributed by atoms with Crippen LogP contribution in [0.4, 0.5) is 0 Å². The normalized spacial score (nSPS) is 10.8. The Bertz CT molecular complexity index is 1240. The number of carbonyl (C=O) groups excluding carboxylic acids is 2. The van der Waals surface area contributed by atoms with Crippen LogP contribution in [0, 0.1) is 6.92 Å². The fraction of sp³-hybridized carbons (Fsp3) is 0.185. The van der Waals surface area contributed by atoms with Crippen LogP contribution in [-0.4, -0.2) is 29.5 Å². The van der Waals surface area contributed by atoms with Crippen molar-refractivity contribution in [3.05, 3.63) is 101 Å². The van der Waals surface area contributed by atoms with E-state index >= 15 is 0 Å². The average Bonchev–Trinajstić information content (AvgIpc) is 3.09. The molecule has 0 aliphatic rings. The summed E-state index contributed by atoms with van der Waals surface area (Å²) in [4.78, 5) is 25.2. The molecule has 0 aliphatic carbocycles. The van der Waals surface area contributed by atoms with Gasteiger partial charge in [0, 0.05) is 28.7 Å². The minimum Gasteiger partial charge on any atom is -0.482 e. The van der Waals surface area contributed by atoms with Crippen molar-refractivity contribution in [1.29, 1.82) is 0 Å². The molecule has 4 rings (SSSR count). The van der Waals surface area contributed by atoms with Gasteiger partial charge in [0.1, 0.15) is 5.75 Å². The van der Waals surface area contributed by atoms with Gasteiger partial charge in [-0.25, -0.2) is 4.79 Å². The van der Waals surface area contributed by atoms with Crippen molar-refractivity contribution in [3.63, 3.8) is 0 Å². The first-order chi connectivity index (χ1) is 15.6. The molecule has 0 saturated heterocycles. The van der Waals surface area contributed by atoms with E-state index in [0.717, 1.165) is 22.2 Å². The second kappa shape index (κ2) is 9.52. The maximum absolute atomic E-state index is 13.5. The number of benzene rings is 3. The van der Waals surface area contributed by atoms with Crippen molar-refractivity contribution in [3.8, 4) is 5.75 Å². The SMILES string of the molecule is CCOC(=O)COc1ccc2c(c1)c(C(=O)c1ccccc1)c(C)n2Cc1ccccc1. The molecule has 0 unspecified atom stereocenters. The Morgan fingerprint density at radius 3 is 2.28 bits per heavy atom. The summed E-state index contributed by atoms with van der Waals surface area (Å²) >= 11 is 0. The highest BCUT2D eigenvalue weighted by molar-refractivity contribution is 6.17. The minimum atomic E-state index is -0.425. The van der Waals surface area contributed by atoms with E-state index in [-0.39, 0.29) is 12.4 Å². The molecule has 0 bridgehead atoms. The van der Waals surface area contributed by atoms with Crippen LogP contribution < -0.4 is 4.74 Å². The van der Waals surface area contributed by atoms with Crippen LogP contribution >= 0.6 is 0 Å². The number of esters is 1. The number of aromatic nitrogens is 1. The third-order valence-electron chi connectivity index (χ3n) is 5.40. The van der Waals surface area contributed by atoms with Gasteiger partial charge in [0.15, 0.2) is 12.4 Å². The molecule has 162 valence electrons. The molecule has 4 aromatic rings. The second-order valence-corrected chi connectivity index (χ2v) is 7.50. The Hall–Kier alpha value is -3.86. The van der Waals surface area contributed by atoms with Gasteiger partial charge in [-0.15, -0.1) is 0 Å². The smallest absolute Gasteiger partial charge is 0.344 e. The second-order valence-electron chi connectivity index (χ2n) is 7.50. The van der Waals surface area contributed by atoms with Crippen molar-refractivity contribution in [2.75, 3.05) is 13.2 Å². The van der Waals surface area contributed by atoms with Gasteiger partial charge in [0.2, 0.25) is 0 Å². The summed E-state index contributed by atoms with van der Waals surface area (Å²) in [6, 6.07) is 25.0. The van der Waals surface area contributed by atoms with E-state index in [1.54, 1.807) is 6.92 Å². The summed E-state index contributed by atoms with van der Waals surface area (Å²) in [6.07, 6.45) is 0. The third-order valence-corrected chi connectivity index (χ3v) is 5.40. The highest BCUT2D eigenvalue weighted by Crippen LogP contribution is 2.32. The van der Waals surface area contributed by atoms with Crippen molar-refractivity contribution < 1.29 is 19.1 Å². The summed E-state index contributed by atoms with van der Waals surface area (Å²) < 4.78 is 12.7. The van der Waals surface area contributed by atoms with Gasteiger partial charge in [0.25, 0.3) is 0 Å². The van der Waals surface area contributed by atoms with Gasteiger partial charge in [-0.05, 0) is 37.6 Å². The molecule has 1 aromatic heterocycles. The summed E-state index contributed by atoms with van der Waals surface area (Å²) in [5.41, 5.74) is 4.25. The number of hydrogen-bond donors (Lipinski definition) is 0. The van der Waals surface area contributed by atoms with Crippen LogP contribution in [0.5, 0.6) is 5.75 Å². The van der Waals surface area contributed by atoms with Crippen molar-refractivity contribution in [1.82, 2.24) is 4.57 Å². The summed E-state index contributed by atoms with van der Waals surface area (Å²) in [6.45, 7) is 4.50. The van der Waals surface area contributed by atoms with Crippen LogP contribution in [0.2, 0.25) is 0 Å². The monoisotopic (exact) mass is 427 g/mol. The predicted octanol–water partition coefficient (Wildman–Crippen LogP) is 5.17. The third kappa shape index (κ3) is 4.42. The standard InChI is InChI=1S/C27H25NO4/c1-3-31-25(29)18-32-22-14-15-24-23(16-22)26(27(30)21-12-8-5-9-13-21)19(2)28(24)17-20-10-6-4-7-11-20/h4-16H,3,17-18H2,1-2H3. The number of ether oxygens (including phenoxy) is 2. The lowest BCUT2D eigenvalue weighted by Crippen LogP contribution is -2.14. The Labute approximate surface area is 187 Å². The summed E-state index contributed by atoms with van der Waals surface area (Å²) in [7, 11) is 0. The molecule has 0 aliphatic heterocycles. The van der Waals surface area contributed by atoms with Gasteiger partial charge in [0.05, 0.1) is 12.2 Å². The number of ketones is 1. The number of rotatable bonds is 8. The highest BCUT2D eigenvalue weighted by Gasteiger charge is 2.22. The molecule has 0 N–H and O–H groups in total. The van der Waals surface area contributed by atoms with Gasteiger partial charge < -0.3 is 14.0 Å². The Morgan fingerprint density at radius 2 is 1.59 bits per heavy atom. The highest BCUT2D eigenvalue weighted by atomic mass is 16.6. The van der Waals surface area contributed by atoms with E-state index in [1.165, 1.54) is 0 Å². The van der Waals surface area contributed by atoms with E-state index in [2.05, 4.69) is 16.7 Å². The van der Waals surface area contributed by atoms with E-state index in [9.17, 15) is 9.59 Å². The first-order valence-corrected chi connectivity index (χ1v) is 10.6. The van der Waals surface area contributed by atoms with E-state index < -0.39 is 5.97 Å². The number of hydrogen-bond acceptors (Lipinski definition) is 4. The fourth-order valence-corrected chi connectivity index (χ4v) is 3.89. The topological polar surface area (TPSA) is 57.5 Å². The molecule has 1 heterocycles. The largest absolute Gasteiger partial charge is 0.482 e. The number of fused-ring (bicyclic) bond motifs is 1. The van der Waals surface area contributed by atoms with Crippen LogP contribution in [0.25, 0.3) is 10.9 Å². The molecule has 0 saturated carbocycles. The van der Waals surface area contributed by atoms with E-state index in [1.807, 2.05) is 73.7 Å². The summed E-state index contributed by atoms with van der Waals surface area (Å²) in [5.74, 6) is 0.0537. The number of carbonyl (C=O) groups is 2. The van der Waals surface area contributed by atoms with Gasteiger partial charge in [-0.1, -0.05) is 60.7 Å². The summed E-state index contributed by atoms with van der Waals surface area (Å²) in [5, 5.41) is 0.800. The fourth-order valence-electron chi connectivity index (χ4n) is 3.89. The lowest BCUT2D eigenvalue weighted by molar-refractivity contribution is -0.145. The first-order valence-electron chi connectivity index (χ1n) is 10.6. The zero-order valence-corrected chi connectivity index (χ0v) is 18.2. The molecule has 32 heavy (non-hydrogen) atoms. The molecule has 0 spiro atoms. The Balaban J connectivity index is 1.79. The maximum Gasteiger partial charge on any atom is 0.344 e. The lowest BCUT2D eigenvalue weighted by Gasteiger charge is -2.09. The molecule has 5 nitrogen and oxygen atoms in total. The predicted molar refractivity (Wildman–Crippen MR) is 124 cm³/mol. The molecule has 0 radical (unpaired) electrons. The van der Waals surface area contributed by atoms with Gasteiger partial charge in [-0.2, -0.15) is 0 Å². The van der Waals surface area contributed by atoms with Crippen molar-refractivity contribution in [2.24, 2.45) is 0 Å². The van der Waals surface area contributed by atoms with Crippen LogP contribution in [0.1, 0.15) is 34.1 Å².